The van der Waals surface area contributed by atoms with Gasteiger partial charge >= 0.3 is 0 Å². The van der Waals surface area contributed by atoms with Crippen molar-refractivity contribution in [1.29, 1.82) is 0 Å². The molecule has 0 saturated heterocycles. The second-order valence-electron chi connectivity index (χ2n) is 5.86. The summed E-state index contributed by atoms with van der Waals surface area (Å²) in [5.74, 6) is -0.798. The molecule has 21 heavy (non-hydrogen) atoms. The first-order chi connectivity index (χ1) is 9.70. The van der Waals surface area contributed by atoms with Crippen LogP contribution in [-0.2, 0) is 10.0 Å². The molecule has 0 amide bonds. The molecule has 0 spiro atoms. The van der Waals surface area contributed by atoms with Gasteiger partial charge in [0, 0.05) is 19.3 Å². The lowest BCUT2D eigenvalue weighted by atomic mass is 9.48. The summed E-state index contributed by atoms with van der Waals surface area (Å²) in [6, 6.07) is 2.04. The zero-order valence-corrected chi connectivity index (χ0v) is 12.2. The molecule has 3 aliphatic carbocycles. The quantitative estimate of drug-likeness (QED) is 0.827. The van der Waals surface area contributed by atoms with E-state index in [-0.39, 0.29) is 21.6 Å². The van der Waals surface area contributed by atoms with Gasteiger partial charge in [0.1, 0.15) is 16.4 Å². The molecule has 4 aliphatic rings. The Morgan fingerprint density at radius 1 is 1.29 bits per heavy atom. The predicted octanol–water partition coefficient (Wildman–Crippen LogP) is 2.18. The van der Waals surface area contributed by atoms with Gasteiger partial charge in [-0.2, -0.15) is 0 Å². The van der Waals surface area contributed by atoms with E-state index in [1.807, 2.05) is 0 Å². The van der Waals surface area contributed by atoms with E-state index in [9.17, 15) is 17.2 Å². The number of fused-ring (bicyclic) bond motifs is 1. The topological polar surface area (TPSA) is 70.6 Å². The van der Waals surface area contributed by atoms with Crippen molar-refractivity contribution in [3.63, 3.8) is 0 Å². The van der Waals surface area contributed by atoms with Gasteiger partial charge in [-0.15, -0.1) is 0 Å². The summed E-state index contributed by atoms with van der Waals surface area (Å²) in [6.07, 6.45) is 0.928. The highest BCUT2D eigenvalue weighted by Gasteiger charge is 2.70. The van der Waals surface area contributed by atoms with Crippen LogP contribution in [0.1, 0.15) is 19.3 Å². The summed E-state index contributed by atoms with van der Waals surface area (Å²) in [4.78, 5) is 4.04. The van der Waals surface area contributed by atoms with E-state index in [4.69, 9.17) is 11.6 Å². The molecule has 1 heterocycles. The average Bonchev–Trinajstić information content (AvgIpc) is 2.28. The van der Waals surface area contributed by atoms with E-state index in [1.54, 1.807) is 0 Å². The lowest BCUT2D eigenvalue weighted by molar-refractivity contribution is -0.147. The largest absolute Gasteiger partial charge is 0.324 e. The van der Waals surface area contributed by atoms with Crippen LogP contribution in [0.5, 0.6) is 0 Å². The monoisotopic (exact) mass is 333 g/mol. The Hall–Kier alpha value is -1.41. The maximum atomic E-state index is 13.5. The molecule has 0 radical (unpaired) electrons. The van der Waals surface area contributed by atoms with Gasteiger partial charge in [-0.05, 0) is 12.1 Å². The summed E-state index contributed by atoms with van der Waals surface area (Å²) in [6.45, 7) is 0. The number of benzene rings is 1. The van der Waals surface area contributed by atoms with E-state index in [0.29, 0.717) is 19.3 Å². The molecule has 2 bridgehead atoms. The van der Waals surface area contributed by atoms with E-state index in [0.717, 1.165) is 6.07 Å². The molecule has 2 N–H and O–H groups in total. The normalized spacial score (nSPS) is 36.8. The number of alkyl halides is 1. The fraction of sp³-hybridized carbons (Fsp3) is 0.417. The van der Waals surface area contributed by atoms with Gasteiger partial charge in [-0.1, -0.05) is 11.6 Å². The molecule has 0 unspecified atom stereocenters. The van der Waals surface area contributed by atoms with E-state index in [1.165, 1.54) is 6.07 Å². The van der Waals surface area contributed by atoms with Crippen LogP contribution in [0, 0.1) is 5.82 Å². The molecule has 0 atom stereocenters. The zero-order valence-electron chi connectivity index (χ0n) is 10.6. The zero-order chi connectivity index (χ0) is 15.0. The van der Waals surface area contributed by atoms with E-state index < -0.39 is 27.0 Å². The van der Waals surface area contributed by atoms with E-state index >= 15 is 0 Å². The van der Waals surface area contributed by atoms with Crippen LogP contribution in [-0.4, -0.2) is 25.6 Å². The number of aliphatic imine (C=N–C) groups is 1. The van der Waals surface area contributed by atoms with Crippen LogP contribution in [0.15, 0.2) is 22.0 Å². The van der Waals surface area contributed by atoms with Gasteiger partial charge in [-0.3, -0.25) is 0 Å². The molecule has 1 aromatic carbocycles. The summed E-state index contributed by atoms with van der Waals surface area (Å²) >= 11 is 5.66. The first-order valence-electron chi connectivity index (χ1n) is 6.28. The number of hydrogen-bond donors (Lipinski definition) is 2. The number of hydrogen-bond acceptors (Lipinski definition) is 3. The van der Waals surface area contributed by atoms with Gasteiger partial charge in [0.25, 0.3) is 10.0 Å². The third-order valence-electron chi connectivity index (χ3n) is 4.08. The van der Waals surface area contributed by atoms with Crippen molar-refractivity contribution >= 4 is 33.3 Å². The van der Waals surface area contributed by atoms with Crippen molar-refractivity contribution in [2.75, 3.05) is 5.32 Å². The fourth-order valence-electron chi connectivity index (χ4n) is 3.20. The van der Waals surface area contributed by atoms with Crippen LogP contribution in [0.4, 0.5) is 14.5 Å². The Labute approximate surface area is 124 Å². The van der Waals surface area contributed by atoms with Crippen molar-refractivity contribution in [1.82, 2.24) is 4.72 Å². The number of rotatable bonds is 1. The van der Waals surface area contributed by atoms with Crippen molar-refractivity contribution in [3.05, 3.63) is 23.0 Å². The Kier molecular flexibility index (Phi) is 2.32. The number of anilines is 1. The van der Waals surface area contributed by atoms with Crippen LogP contribution in [0.3, 0.4) is 0 Å². The maximum absolute atomic E-state index is 13.5. The predicted molar refractivity (Wildman–Crippen MR) is 73.2 cm³/mol. The standard InChI is InChI=1S/C12H10ClF2N3O2S/c13-6-1-8-9(2-7(6)14)21(19,20)18-10(16-8)17-12-3-11(15,4-12)5-12/h1-2H,3-5H2,(H2,16,17,18). The van der Waals surface area contributed by atoms with Crippen LogP contribution < -0.4 is 10.0 Å². The Morgan fingerprint density at radius 3 is 2.57 bits per heavy atom. The summed E-state index contributed by atoms with van der Waals surface area (Å²) < 4.78 is 53.3. The van der Waals surface area contributed by atoms with Gasteiger partial charge in [0.15, 0.2) is 0 Å². The molecule has 9 heteroatoms. The van der Waals surface area contributed by atoms with Crippen molar-refractivity contribution in [2.24, 2.45) is 4.99 Å². The van der Waals surface area contributed by atoms with Crippen molar-refractivity contribution < 1.29 is 17.2 Å². The van der Waals surface area contributed by atoms with Crippen LogP contribution in [0.25, 0.3) is 0 Å². The number of nitrogens with one attached hydrogen (secondary N) is 2. The Bertz CT molecular complexity index is 789. The summed E-state index contributed by atoms with van der Waals surface area (Å²) in [5, 5.41) is 2.58. The molecule has 5 rings (SSSR count). The third-order valence-corrected chi connectivity index (χ3v) is 5.75. The lowest BCUT2D eigenvalue weighted by Gasteiger charge is -2.63. The molecule has 1 aromatic rings. The molecule has 5 nitrogen and oxygen atoms in total. The highest BCUT2D eigenvalue weighted by Crippen LogP contribution is 2.65. The second-order valence-corrected chi connectivity index (χ2v) is 7.92. The summed E-state index contributed by atoms with van der Waals surface area (Å²) in [5.41, 5.74) is -1.48. The van der Waals surface area contributed by atoms with Crippen LogP contribution in [0.2, 0.25) is 5.02 Å². The summed E-state index contributed by atoms with van der Waals surface area (Å²) in [7, 11) is -3.92. The average molecular weight is 334 g/mol. The minimum atomic E-state index is -3.92. The lowest BCUT2D eigenvalue weighted by Crippen LogP contribution is -2.69. The minimum absolute atomic E-state index is 0.0203. The number of halogens is 3. The van der Waals surface area contributed by atoms with Crippen LogP contribution >= 0.6 is 11.6 Å². The van der Waals surface area contributed by atoms with Crippen molar-refractivity contribution in [3.8, 4) is 0 Å². The Morgan fingerprint density at radius 2 is 1.95 bits per heavy atom. The molecule has 0 aromatic heterocycles. The Balaban J connectivity index is 1.73. The number of guanidine groups is 1. The minimum Gasteiger partial charge on any atom is -0.324 e. The molecule has 3 saturated carbocycles. The molecular formula is C12H10ClF2N3O2S. The second kappa shape index (κ2) is 3.67. The van der Waals surface area contributed by atoms with Gasteiger partial charge in [-0.25, -0.2) is 26.9 Å². The fourth-order valence-corrected chi connectivity index (χ4v) is 4.49. The number of nitrogens with zero attached hydrogens (tertiary/aromatic N) is 1. The third kappa shape index (κ3) is 1.85. The van der Waals surface area contributed by atoms with E-state index in [2.05, 4.69) is 15.0 Å². The first kappa shape index (κ1) is 13.3. The SMILES string of the molecule is O=S1(=O)NC(=NC23CC(F)(C2)C3)Nc2cc(Cl)c(F)cc21. The molecule has 112 valence electrons. The maximum Gasteiger partial charge on any atom is 0.266 e. The van der Waals surface area contributed by atoms with Gasteiger partial charge in [0.2, 0.25) is 5.96 Å². The highest BCUT2D eigenvalue weighted by molar-refractivity contribution is 7.90. The molecular weight excluding hydrogens is 324 g/mol. The molecule has 3 fully saturated rings. The first-order valence-corrected chi connectivity index (χ1v) is 8.14. The molecule has 1 aliphatic heterocycles. The van der Waals surface area contributed by atoms with Crippen molar-refractivity contribution in [2.45, 2.75) is 35.4 Å². The smallest absolute Gasteiger partial charge is 0.266 e. The number of sulfonamides is 1. The highest BCUT2D eigenvalue weighted by atomic mass is 35.5. The van der Waals surface area contributed by atoms with Gasteiger partial charge < -0.3 is 5.32 Å². The van der Waals surface area contributed by atoms with Gasteiger partial charge in [0.05, 0.1) is 16.2 Å².